The third kappa shape index (κ3) is 3.59. The second kappa shape index (κ2) is 5.26. The first-order chi connectivity index (χ1) is 6.59. The van der Waals surface area contributed by atoms with Crippen molar-refractivity contribution in [2.75, 3.05) is 18.5 Å². The summed E-state index contributed by atoms with van der Waals surface area (Å²) in [6.07, 6.45) is 3.85. The fraction of sp³-hybridized carbons (Fsp3) is 0.556. The molecule has 14 heavy (non-hydrogen) atoms. The number of anilines is 1. The topological polar surface area (TPSA) is 49.2 Å². The minimum absolute atomic E-state index is 0.284. The van der Waals surface area contributed by atoms with Crippen LogP contribution in [0.25, 0.3) is 0 Å². The van der Waals surface area contributed by atoms with E-state index in [1.54, 1.807) is 19.3 Å². The van der Waals surface area contributed by atoms with E-state index in [2.05, 4.69) is 25.9 Å². The molecule has 1 N–H and O–H groups in total. The van der Waals surface area contributed by atoms with Crippen molar-refractivity contribution < 1.29 is 5.11 Å². The summed E-state index contributed by atoms with van der Waals surface area (Å²) < 4.78 is 0.866. The molecular formula is C9H14BrN3O. The maximum absolute atomic E-state index is 9.12. The molecule has 0 spiro atoms. The summed E-state index contributed by atoms with van der Waals surface area (Å²) in [5.74, 6) is 0.675. The van der Waals surface area contributed by atoms with Crippen LogP contribution in [0.15, 0.2) is 16.9 Å². The Morgan fingerprint density at radius 1 is 1.50 bits per heavy atom. The summed E-state index contributed by atoms with van der Waals surface area (Å²) in [7, 11) is 1.91. The zero-order valence-electron chi connectivity index (χ0n) is 8.31. The third-order valence-corrected chi connectivity index (χ3v) is 2.24. The number of hydrogen-bond donors (Lipinski definition) is 1. The van der Waals surface area contributed by atoms with Gasteiger partial charge in [0.1, 0.15) is 0 Å². The molecule has 0 aromatic carbocycles. The van der Waals surface area contributed by atoms with Crippen molar-refractivity contribution in [3.63, 3.8) is 0 Å². The fourth-order valence-corrected chi connectivity index (χ4v) is 1.19. The molecule has 0 aliphatic carbocycles. The normalized spacial score (nSPS) is 12.6. The molecule has 0 amide bonds. The second-order valence-corrected chi connectivity index (χ2v) is 4.18. The Hall–Kier alpha value is -0.680. The van der Waals surface area contributed by atoms with Gasteiger partial charge in [0.05, 0.1) is 10.6 Å². The van der Waals surface area contributed by atoms with Gasteiger partial charge in [-0.2, -0.15) is 0 Å². The summed E-state index contributed by atoms with van der Waals surface area (Å²) in [6, 6.07) is 0. The average Bonchev–Trinajstić information content (AvgIpc) is 2.15. The zero-order chi connectivity index (χ0) is 10.6. The van der Waals surface area contributed by atoms with Crippen molar-refractivity contribution in [1.29, 1.82) is 0 Å². The number of rotatable bonds is 4. The van der Waals surface area contributed by atoms with Crippen LogP contribution in [0.4, 0.5) is 5.95 Å². The van der Waals surface area contributed by atoms with Crippen molar-refractivity contribution in [2.45, 2.75) is 19.4 Å². The van der Waals surface area contributed by atoms with Crippen molar-refractivity contribution in [3.05, 3.63) is 16.9 Å². The van der Waals surface area contributed by atoms with E-state index in [4.69, 9.17) is 5.11 Å². The van der Waals surface area contributed by atoms with E-state index >= 15 is 0 Å². The average molecular weight is 260 g/mol. The molecule has 0 radical (unpaired) electrons. The number of halogens is 1. The van der Waals surface area contributed by atoms with Crippen LogP contribution in [0, 0.1) is 0 Å². The Morgan fingerprint density at radius 3 is 2.57 bits per heavy atom. The first kappa shape index (κ1) is 11.4. The van der Waals surface area contributed by atoms with Gasteiger partial charge in [0, 0.05) is 26.0 Å². The number of aliphatic hydroxyl groups is 1. The van der Waals surface area contributed by atoms with Crippen molar-refractivity contribution in [2.24, 2.45) is 0 Å². The Kier molecular flexibility index (Phi) is 4.28. The highest BCUT2D eigenvalue weighted by molar-refractivity contribution is 9.10. The third-order valence-electron chi connectivity index (χ3n) is 1.83. The quantitative estimate of drug-likeness (QED) is 0.890. The molecule has 0 aliphatic rings. The van der Waals surface area contributed by atoms with E-state index in [0.717, 1.165) is 17.4 Å². The van der Waals surface area contributed by atoms with Gasteiger partial charge in [-0.05, 0) is 29.3 Å². The number of nitrogens with zero attached hydrogens (tertiary/aromatic N) is 3. The molecule has 1 atom stereocenters. The van der Waals surface area contributed by atoms with Crippen LogP contribution < -0.4 is 4.90 Å². The summed E-state index contributed by atoms with van der Waals surface area (Å²) >= 11 is 3.27. The first-order valence-electron chi connectivity index (χ1n) is 4.46. The molecule has 78 valence electrons. The van der Waals surface area contributed by atoms with E-state index in [1.165, 1.54) is 0 Å². The summed E-state index contributed by atoms with van der Waals surface area (Å²) in [5, 5.41) is 9.12. The van der Waals surface area contributed by atoms with Gasteiger partial charge in [-0.3, -0.25) is 0 Å². The minimum Gasteiger partial charge on any atom is -0.393 e. The number of hydrogen-bond acceptors (Lipinski definition) is 4. The largest absolute Gasteiger partial charge is 0.393 e. The van der Waals surface area contributed by atoms with E-state index < -0.39 is 0 Å². The standard InChI is InChI=1S/C9H14BrN3O/c1-7(14)3-4-13(2)9-11-5-8(10)6-12-9/h5-7,14H,3-4H2,1-2H3/t7-/m1/s1. The van der Waals surface area contributed by atoms with Crippen molar-refractivity contribution >= 4 is 21.9 Å². The predicted octanol–water partition coefficient (Wildman–Crippen LogP) is 1.45. The van der Waals surface area contributed by atoms with Crippen LogP contribution in [0.3, 0.4) is 0 Å². The van der Waals surface area contributed by atoms with Gasteiger partial charge in [0.15, 0.2) is 0 Å². The van der Waals surface area contributed by atoms with E-state index in [9.17, 15) is 0 Å². The second-order valence-electron chi connectivity index (χ2n) is 3.26. The smallest absolute Gasteiger partial charge is 0.225 e. The lowest BCUT2D eigenvalue weighted by Gasteiger charge is -2.17. The summed E-state index contributed by atoms with van der Waals surface area (Å²) in [4.78, 5) is 10.2. The van der Waals surface area contributed by atoms with Gasteiger partial charge in [-0.1, -0.05) is 0 Å². The molecule has 1 rings (SSSR count). The zero-order valence-corrected chi connectivity index (χ0v) is 9.90. The number of aromatic nitrogens is 2. The van der Waals surface area contributed by atoms with E-state index in [0.29, 0.717) is 5.95 Å². The Balaban J connectivity index is 2.52. The molecule has 1 aromatic rings. The molecule has 0 bridgehead atoms. The monoisotopic (exact) mass is 259 g/mol. The molecule has 0 fully saturated rings. The van der Waals surface area contributed by atoms with Crippen LogP contribution in [0.1, 0.15) is 13.3 Å². The first-order valence-corrected chi connectivity index (χ1v) is 5.25. The van der Waals surface area contributed by atoms with Crippen LogP contribution in [0.5, 0.6) is 0 Å². The van der Waals surface area contributed by atoms with Crippen LogP contribution in [-0.2, 0) is 0 Å². The summed E-state index contributed by atoms with van der Waals surface area (Å²) in [5.41, 5.74) is 0. The Morgan fingerprint density at radius 2 is 2.07 bits per heavy atom. The molecule has 0 saturated heterocycles. The SMILES string of the molecule is C[C@@H](O)CCN(C)c1ncc(Br)cn1. The van der Waals surface area contributed by atoms with Crippen LogP contribution in [0.2, 0.25) is 0 Å². The lowest BCUT2D eigenvalue weighted by Crippen LogP contribution is -2.23. The maximum Gasteiger partial charge on any atom is 0.225 e. The molecule has 0 aliphatic heterocycles. The molecule has 5 heteroatoms. The number of aliphatic hydroxyl groups excluding tert-OH is 1. The predicted molar refractivity (Wildman–Crippen MR) is 59.3 cm³/mol. The van der Waals surface area contributed by atoms with Gasteiger partial charge >= 0.3 is 0 Å². The minimum atomic E-state index is -0.284. The highest BCUT2D eigenvalue weighted by Crippen LogP contribution is 2.10. The Bertz CT molecular complexity index is 276. The highest BCUT2D eigenvalue weighted by atomic mass is 79.9. The van der Waals surface area contributed by atoms with E-state index in [1.807, 2.05) is 11.9 Å². The molecule has 0 unspecified atom stereocenters. The van der Waals surface area contributed by atoms with Crippen LogP contribution in [-0.4, -0.2) is 34.8 Å². The fourth-order valence-electron chi connectivity index (χ4n) is 0.983. The lowest BCUT2D eigenvalue weighted by molar-refractivity contribution is 0.186. The maximum atomic E-state index is 9.12. The van der Waals surface area contributed by atoms with E-state index in [-0.39, 0.29) is 6.10 Å². The van der Waals surface area contributed by atoms with Crippen LogP contribution >= 0.6 is 15.9 Å². The Labute approximate surface area is 92.1 Å². The van der Waals surface area contributed by atoms with Crippen molar-refractivity contribution in [1.82, 2.24) is 9.97 Å². The molecule has 1 heterocycles. The lowest BCUT2D eigenvalue weighted by atomic mass is 10.3. The van der Waals surface area contributed by atoms with Gasteiger partial charge in [0.2, 0.25) is 5.95 Å². The highest BCUT2D eigenvalue weighted by Gasteiger charge is 2.04. The molecule has 1 aromatic heterocycles. The molecule has 4 nitrogen and oxygen atoms in total. The van der Waals surface area contributed by atoms with Gasteiger partial charge in [0.25, 0.3) is 0 Å². The van der Waals surface area contributed by atoms with Gasteiger partial charge < -0.3 is 10.0 Å². The summed E-state index contributed by atoms with van der Waals surface area (Å²) in [6.45, 7) is 2.52. The van der Waals surface area contributed by atoms with Crippen molar-refractivity contribution in [3.8, 4) is 0 Å². The van der Waals surface area contributed by atoms with Gasteiger partial charge in [-0.25, -0.2) is 9.97 Å². The van der Waals surface area contributed by atoms with Gasteiger partial charge in [-0.15, -0.1) is 0 Å². The molecule has 0 saturated carbocycles. The molecular weight excluding hydrogens is 246 g/mol.